The molecule has 2 amide bonds. The van der Waals surface area contributed by atoms with E-state index in [0.29, 0.717) is 16.1 Å². The van der Waals surface area contributed by atoms with Crippen LogP contribution in [0.25, 0.3) is 0 Å². The summed E-state index contributed by atoms with van der Waals surface area (Å²) < 4.78 is 5.45. The number of carbonyl (C=O) groups excluding carboxylic acids is 2. The molecule has 2 aliphatic heterocycles. The standard InChI is InChI=1S/C29H27N5O3S/c30-27(36)29(28-31-12-17-38-28,21-4-2-1-3-5-21)34-19-20-18-23(8-11-25(20)26(34)35)32-22-6-9-24(10-7-22)33-13-15-37-16-14-33/h1-12,17-18,32H,13-16,19H2,(H2,30,36). The molecule has 3 heterocycles. The third kappa shape index (κ3) is 4.09. The van der Waals surface area contributed by atoms with Crippen molar-refractivity contribution in [3.05, 3.63) is 106 Å². The lowest BCUT2D eigenvalue weighted by molar-refractivity contribution is -0.127. The first-order chi connectivity index (χ1) is 18.6. The maximum absolute atomic E-state index is 13.7. The van der Waals surface area contributed by atoms with Crippen molar-refractivity contribution in [1.29, 1.82) is 0 Å². The van der Waals surface area contributed by atoms with Crippen LogP contribution in [0.3, 0.4) is 0 Å². The number of nitrogens with zero attached hydrogens (tertiary/aromatic N) is 3. The summed E-state index contributed by atoms with van der Waals surface area (Å²) in [5.41, 5.74) is 9.53. The molecule has 1 atom stereocenters. The van der Waals surface area contributed by atoms with E-state index in [4.69, 9.17) is 10.5 Å². The number of carbonyl (C=O) groups is 2. The number of fused-ring (bicyclic) bond motifs is 1. The molecule has 38 heavy (non-hydrogen) atoms. The smallest absolute Gasteiger partial charge is 0.255 e. The van der Waals surface area contributed by atoms with Crippen LogP contribution in [0.2, 0.25) is 0 Å². The van der Waals surface area contributed by atoms with Gasteiger partial charge >= 0.3 is 0 Å². The second-order valence-electron chi connectivity index (χ2n) is 9.31. The lowest BCUT2D eigenvalue weighted by Crippen LogP contribution is -2.55. The SMILES string of the molecule is NC(=O)C(c1ccccc1)(c1nccs1)N1Cc2cc(Nc3ccc(N4CCOCC4)cc3)ccc2C1=O. The highest BCUT2D eigenvalue weighted by molar-refractivity contribution is 7.09. The van der Waals surface area contributed by atoms with Crippen LogP contribution < -0.4 is 16.0 Å². The van der Waals surface area contributed by atoms with E-state index in [1.54, 1.807) is 22.5 Å². The zero-order valence-electron chi connectivity index (χ0n) is 20.7. The molecule has 8 nitrogen and oxygen atoms in total. The molecular weight excluding hydrogens is 498 g/mol. The molecule has 1 saturated heterocycles. The van der Waals surface area contributed by atoms with Crippen molar-refractivity contribution < 1.29 is 14.3 Å². The van der Waals surface area contributed by atoms with Crippen LogP contribution in [0.4, 0.5) is 17.1 Å². The largest absolute Gasteiger partial charge is 0.378 e. The van der Waals surface area contributed by atoms with Gasteiger partial charge in [-0.1, -0.05) is 30.3 Å². The Hall–Kier alpha value is -4.21. The van der Waals surface area contributed by atoms with Crippen LogP contribution in [0.1, 0.15) is 26.5 Å². The molecule has 1 fully saturated rings. The molecule has 9 heteroatoms. The van der Waals surface area contributed by atoms with E-state index in [1.807, 2.05) is 54.6 Å². The van der Waals surface area contributed by atoms with Crippen LogP contribution >= 0.6 is 11.3 Å². The van der Waals surface area contributed by atoms with Crippen LogP contribution in [0, 0.1) is 0 Å². The van der Waals surface area contributed by atoms with Gasteiger partial charge in [0.05, 0.1) is 13.2 Å². The Morgan fingerprint density at radius 2 is 1.74 bits per heavy atom. The fourth-order valence-electron chi connectivity index (χ4n) is 5.27. The third-order valence-electron chi connectivity index (χ3n) is 7.14. The summed E-state index contributed by atoms with van der Waals surface area (Å²) in [6.07, 6.45) is 1.63. The Balaban J connectivity index is 1.29. The number of benzene rings is 3. The molecule has 4 aromatic rings. The highest BCUT2D eigenvalue weighted by Crippen LogP contribution is 2.42. The monoisotopic (exact) mass is 525 g/mol. The number of ether oxygens (including phenoxy) is 1. The van der Waals surface area contributed by atoms with Crippen molar-refractivity contribution in [2.75, 3.05) is 36.5 Å². The number of hydrogen-bond donors (Lipinski definition) is 2. The topological polar surface area (TPSA) is 101 Å². The average molecular weight is 526 g/mol. The van der Waals surface area contributed by atoms with Gasteiger partial charge in [0, 0.05) is 53.8 Å². The Labute approximate surface area is 224 Å². The lowest BCUT2D eigenvalue weighted by atomic mass is 9.87. The van der Waals surface area contributed by atoms with Crippen LogP contribution in [0.5, 0.6) is 0 Å². The van der Waals surface area contributed by atoms with Gasteiger partial charge in [-0.3, -0.25) is 9.59 Å². The van der Waals surface area contributed by atoms with E-state index in [1.165, 1.54) is 17.0 Å². The third-order valence-corrected chi connectivity index (χ3v) is 8.02. The fraction of sp³-hybridized carbons (Fsp3) is 0.207. The summed E-state index contributed by atoms with van der Waals surface area (Å²) in [7, 11) is 0. The molecule has 0 radical (unpaired) electrons. The number of rotatable bonds is 7. The molecular formula is C29H27N5O3S. The molecule has 1 aromatic heterocycles. The van der Waals surface area contributed by atoms with Gasteiger partial charge in [-0.25, -0.2) is 4.98 Å². The number of hydrogen-bond acceptors (Lipinski definition) is 7. The van der Waals surface area contributed by atoms with E-state index < -0.39 is 11.4 Å². The molecule has 1 unspecified atom stereocenters. The molecule has 0 spiro atoms. The zero-order chi connectivity index (χ0) is 26.1. The highest BCUT2D eigenvalue weighted by Gasteiger charge is 2.53. The van der Waals surface area contributed by atoms with Crippen LogP contribution in [-0.4, -0.2) is 48.0 Å². The van der Waals surface area contributed by atoms with E-state index in [9.17, 15) is 9.59 Å². The van der Waals surface area contributed by atoms with E-state index in [-0.39, 0.29) is 12.5 Å². The van der Waals surface area contributed by atoms with Crippen molar-refractivity contribution >= 4 is 40.2 Å². The number of nitrogens with one attached hydrogen (secondary N) is 1. The van der Waals surface area contributed by atoms with Gasteiger partial charge in [0.25, 0.3) is 11.8 Å². The predicted molar refractivity (Wildman–Crippen MR) is 148 cm³/mol. The van der Waals surface area contributed by atoms with Gasteiger partial charge in [0.2, 0.25) is 0 Å². The van der Waals surface area contributed by atoms with Gasteiger partial charge in [0.1, 0.15) is 5.01 Å². The predicted octanol–water partition coefficient (Wildman–Crippen LogP) is 4.11. The number of thiazole rings is 1. The Morgan fingerprint density at radius 3 is 2.42 bits per heavy atom. The normalized spacial score (nSPS) is 16.7. The van der Waals surface area contributed by atoms with Gasteiger partial charge in [0.15, 0.2) is 5.54 Å². The molecule has 0 saturated carbocycles. The average Bonchev–Trinajstić information content (AvgIpc) is 3.60. The Bertz CT molecular complexity index is 1450. The van der Waals surface area contributed by atoms with E-state index in [2.05, 4.69) is 27.3 Å². The Morgan fingerprint density at radius 1 is 1.00 bits per heavy atom. The number of primary amides is 1. The minimum absolute atomic E-state index is 0.233. The first-order valence-electron chi connectivity index (χ1n) is 12.5. The molecule has 3 aromatic carbocycles. The van der Waals surface area contributed by atoms with Crippen molar-refractivity contribution in [2.45, 2.75) is 12.1 Å². The maximum Gasteiger partial charge on any atom is 0.255 e. The molecule has 3 N–H and O–H groups in total. The van der Waals surface area contributed by atoms with Crippen molar-refractivity contribution in [3.8, 4) is 0 Å². The van der Waals surface area contributed by atoms with Crippen molar-refractivity contribution in [2.24, 2.45) is 5.73 Å². The number of aromatic nitrogens is 1. The first-order valence-corrected chi connectivity index (χ1v) is 13.4. The first kappa shape index (κ1) is 24.1. The van der Waals surface area contributed by atoms with Crippen molar-refractivity contribution in [3.63, 3.8) is 0 Å². The summed E-state index contributed by atoms with van der Waals surface area (Å²) in [6.45, 7) is 3.50. The van der Waals surface area contributed by atoms with Gasteiger partial charge in [-0.2, -0.15) is 0 Å². The summed E-state index contributed by atoms with van der Waals surface area (Å²) in [5, 5.41) is 5.70. The van der Waals surface area contributed by atoms with Gasteiger partial charge < -0.3 is 25.6 Å². The second-order valence-corrected chi connectivity index (χ2v) is 10.2. The number of morpholine rings is 1. The minimum atomic E-state index is -1.51. The minimum Gasteiger partial charge on any atom is -0.378 e. The molecule has 192 valence electrons. The Kier molecular flexibility index (Phi) is 6.30. The van der Waals surface area contributed by atoms with Gasteiger partial charge in [-0.15, -0.1) is 11.3 Å². The van der Waals surface area contributed by atoms with Crippen molar-refractivity contribution in [1.82, 2.24) is 9.88 Å². The second kappa shape index (κ2) is 9.92. The summed E-state index contributed by atoms with van der Waals surface area (Å²) >= 11 is 1.31. The molecule has 2 aliphatic rings. The number of anilines is 3. The number of nitrogens with two attached hydrogens (primary N) is 1. The van der Waals surface area contributed by atoms with E-state index in [0.717, 1.165) is 43.2 Å². The quantitative estimate of drug-likeness (QED) is 0.377. The van der Waals surface area contributed by atoms with Gasteiger partial charge in [-0.05, 0) is 53.6 Å². The summed E-state index contributed by atoms with van der Waals surface area (Å²) in [6, 6.07) is 23.1. The fourth-order valence-corrected chi connectivity index (χ4v) is 6.14. The van der Waals surface area contributed by atoms with Crippen LogP contribution in [0.15, 0.2) is 84.4 Å². The lowest BCUT2D eigenvalue weighted by Gasteiger charge is -2.38. The summed E-state index contributed by atoms with van der Waals surface area (Å²) in [4.78, 5) is 35.3. The number of amides is 2. The maximum atomic E-state index is 13.7. The molecule has 6 rings (SSSR count). The summed E-state index contributed by atoms with van der Waals surface area (Å²) in [5.74, 6) is -0.891. The molecule has 0 bridgehead atoms. The van der Waals surface area contributed by atoms with Crippen LogP contribution in [-0.2, 0) is 21.6 Å². The van der Waals surface area contributed by atoms with E-state index >= 15 is 0 Å². The molecule has 0 aliphatic carbocycles. The highest BCUT2D eigenvalue weighted by atomic mass is 32.1. The zero-order valence-corrected chi connectivity index (χ0v) is 21.5.